The van der Waals surface area contributed by atoms with Gasteiger partial charge < -0.3 is 16.2 Å². The quantitative estimate of drug-likeness (QED) is 0.482. The summed E-state index contributed by atoms with van der Waals surface area (Å²) < 4.78 is 55.4. The molecule has 9 heteroatoms. The van der Waals surface area contributed by atoms with Crippen LogP contribution in [-0.2, 0) is 11.2 Å². The highest BCUT2D eigenvalue weighted by Crippen LogP contribution is 2.34. The largest absolute Gasteiger partial charge is 0.573 e. The third-order valence-electron chi connectivity index (χ3n) is 3.39. The van der Waals surface area contributed by atoms with Gasteiger partial charge in [-0.15, -0.1) is 13.2 Å². The van der Waals surface area contributed by atoms with Crippen LogP contribution in [0.25, 0.3) is 0 Å². The van der Waals surface area contributed by atoms with Crippen molar-refractivity contribution in [1.29, 1.82) is 0 Å². The number of amides is 1. The summed E-state index contributed by atoms with van der Waals surface area (Å²) in [7, 11) is 0. The van der Waals surface area contributed by atoms with Crippen LogP contribution in [0.2, 0.25) is 0 Å². The fourth-order valence-corrected chi connectivity index (χ4v) is 2.42. The Hall–Kier alpha value is -3.10. The summed E-state index contributed by atoms with van der Waals surface area (Å²) in [5, 5.41) is 0. The number of carbonyl (C=O) groups excluding carboxylic acids is 1. The molecule has 5 nitrogen and oxygen atoms in total. The van der Waals surface area contributed by atoms with E-state index in [1.165, 1.54) is 42.5 Å². The average Bonchev–Trinajstić information content (AvgIpc) is 2.51. The van der Waals surface area contributed by atoms with Crippen LogP contribution in [0.3, 0.4) is 0 Å². The second-order valence-electron chi connectivity index (χ2n) is 5.35. The maximum Gasteiger partial charge on any atom is 0.573 e. The summed E-state index contributed by atoms with van der Waals surface area (Å²) in [6, 6.07) is 10.5. The van der Waals surface area contributed by atoms with Crippen LogP contribution >= 0.6 is 0 Å². The van der Waals surface area contributed by atoms with Gasteiger partial charge in [-0.3, -0.25) is 4.79 Å². The van der Waals surface area contributed by atoms with Crippen molar-refractivity contribution >= 4 is 11.9 Å². The zero-order chi connectivity index (χ0) is 19.3. The molecule has 0 bridgehead atoms. The first-order valence-electron chi connectivity index (χ1n) is 7.38. The number of nitrogens with two attached hydrogens (primary N) is 2. The number of guanidine groups is 1. The summed E-state index contributed by atoms with van der Waals surface area (Å²) in [6.45, 7) is 0. The Morgan fingerprint density at radius 2 is 1.81 bits per heavy atom. The monoisotopic (exact) mass is 369 g/mol. The van der Waals surface area contributed by atoms with Gasteiger partial charge in [-0.1, -0.05) is 30.3 Å². The number of benzene rings is 2. The van der Waals surface area contributed by atoms with Gasteiger partial charge in [0.1, 0.15) is 11.6 Å². The Labute approximate surface area is 146 Å². The summed E-state index contributed by atoms with van der Waals surface area (Å²) >= 11 is 0. The van der Waals surface area contributed by atoms with Gasteiger partial charge in [-0.05, 0) is 30.2 Å². The Morgan fingerprint density at radius 3 is 2.42 bits per heavy atom. The Morgan fingerprint density at radius 1 is 1.12 bits per heavy atom. The van der Waals surface area contributed by atoms with E-state index in [1.807, 2.05) is 0 Å². The predicted molar refractivity (Wildman–Crippen MR) is 86.8 cm³/mol. The molecule has 0 aliphatic heterocycles. The maximum atomic E-state index is 13.4. The molecule has 0 aliphatic rings. The summed E-state index contributed by atoms with van der Waals surface area (Å²) in [6.07, 6.45) is -5.07. The molecule has 0 spiro atoms. The molecule has 26 heavy (non-hydrogen) atoms. The van der Waals surface area contributed by atoms with Gasteiger partial charge in [0.2, 0.25) is 0 Å². The topological polar surface area (TPSA) is 90.7 Å². The zero-order valence-electron chi connectivity index (χ0n) is 13.3. The predicted octanol–water partition coefficient (Wildman–Crippen LogP) is 2.85. The third kappa shape index (κ3) is 5.47. The fourth-order valence-electron chi connectivity index (χ4n) is 2.42. The number of para-hydroxylation sites is 1. The molecule has 2 aromatic carbocycles. The van der Waals surface area contributed by atoms with E-state index < -0.39 is 35.7 Å². The maximum absolute atomic E-state index is 13.4. The van der Waals surface area contributed by atoms with Crippen LogP contribution in [-0.4, -0.2) is 18.2 Å². The van der Waals surface area contributed by atoms with E-state index in [4.69, 9.17) is 11.5 Å². The molecule has 1 amide bonds. The SMILES string of the molecule is NC(N)=NC(=O)[C@@H](Cc1cccc(F)c1)c1ccccc1OC(F)(F)F. The molecule has 0 radical (unpaired) electrons. The Kier molecular flexibility index (Phi) is 5.81. The second kappa shape index (κ2) is 7.85. The number of halogens is 4. The molecule has 0 saturated heterocycles. The number of aliphatic imine (C=N–C) groups is 1. The van der Waals surface area contributed by atoms with Gasteiger partial charge in [0.15, 0.2) is 5.96 Å². The van der Waals surface area contributed by atoms with E-state index in [0.717, 1.165) is 6.07 Å². The highest BCUT2D eigenvalue weighted by molar-refractivity contribution is 5.95. The lowest BCUT2D eigenvalue weighted by atomic mass is 9.90. The number of ether oxygens (including phenoxy) is 1. The van der Waals surface area contributed by atoms with Crippen LogP contribution in [0.5, 0.6) is 5.75 Å². The average molecular weight is 369 g/mol. The Balaban J connectivity index is 2.47. The lowest BCUT2D eigenvalue weighted by Gasteiger charge is -2.19. The van der Waals surface area contributed by atoms with E-state index in [9.17, 15) is 22.4 Å². The highest BCUT2D eigenvalue weighted by atomic mass is 19.4. The van der Waals surface area contributed by atoms with E-state index in [1.54, 1.807) is 0 Å². The molecule has 2 rings (SSSR count). The molecular formula is C17H15F4N3O2. The van der Waals surface area contributed by atoms with Gasteiger partial charge >= 0.3 is 6.36 Å². The lowest BCUT2D eigenvalue weighted by molar-refractivity contribution is -0.275. The van der Waals surface area contributed by atoms with Crippen molar-refractivity contribution < 1.29 is 27.1 Å². The zero-order valence-corrected chi connectivity index (χ0v) is 13.3. The van der Waals surface area contributed by atoms with Crippen molar-refractivity contribution in [2.45, 2.75) is 18.7 Å². The number of hydrogen-bond acceptors (Lipinski definition) is 2. The summed E-state index contributed by atoms with van der Waals surface area (Å²) in [4.78, 5) is 15.8. The van der Waals surface area contributed by atoms with Crippen molar-refractivity contribution in [3.8, 4) is 5.75 Å². The fraction of sp³-hybridized carbons (Fsp3) is 0.176. The highest BCUT2D eigenvalue weighted by Gasteiger charge is 2.34. The van der Waals surface area contributed by atoms with Crippen LogP contribution in [0.1, 0.15) is 17.0 Å². The molecule has 0 aliphatic carbocycles. The number of rotatable bonds is 5. The van der Waals surface area contributed by atoms with Crippen LogP contribution < -0.4 is 16.2 Å². The van der Waals surface area contributed by atoms with E-state index in [2.05, 4.69) is 9.73 Å². The molecule has 0 fully saturated rings. The number of nitrogens with zero attached hydrogens (tertiary/aromatic N) is 1. The molecule has 0 saturated carbocycles. The lowest BCUT2D eigenvalue weighted by Crippen LogP contribution is -2.27. The number of alkyl halides is 3. The number of hydrogen-bond donors (Lipinski definition) is 2. The molecule has 0 unspecified atom stereocenters. The van der Waals surface area contributed by atoms with Crippen molar-refractivity contribution in [1.82, 2.24) is 0 Å². The van der Waals surface area contributed by atoms with Crippen molar-refractivity contribution in [3.05, 3.63) is 65.5 Å². The second-order valence-corrected chi connectivity index (χ2v) is 5.35. The first kappa shape index (κ1) is 19.2. The summed E-state index contributed by atoms with van der Waals surface area (Å²) in [5.74, 6) is -3.70. The molecule has 0 aromatic heterocycles. The first-order valence-corrected chi connectivity index (χ1v) is 7.38. The van der Waals surface area contributed by atoms with Gasteiger partial charge in [-0.25, -0.2) is 4.39 Å². The van der Waals surface area contributed by atoms with E-state index >= 15 is 0 Å². The van der Waals surface area contributed by atoms with Crippen molar-refractivity contribution in [3.63, 3.8) is 0 Å². The molecule has 2 aromatic rings. The van der Waals surface area contributed by atoms with Crippen LogP contribution in [0.15, 0.2) is 53.5 Å². The van der Waals surface area contributed by atoms with E-state index in [-0.39, 0.29) is 12.0 Å². The van der Waals surface area contributed by atoms with Gasteiger partial charge in [0, 0.05) is 5.56 Å². The third-order valence-corrected chi connectivity index (χ3v) is 3.39. The molecular weight excluding hydrogens is 354 g/mol. The first-order chi connectivity index (χ1) is 12.2. The smallest absolute Gasteiger partial charge is 0.405 e. The van der Waals surface area contributed by atoms with Gasteiger partial charge in [0.25, 0.3) is 5.91 Å². The molecule has 0 heterocycles. The standard InChI is InChI=1S/C17H15F4N3O2/c18-11-5-3-4-10(8-11)9-13(15(25)24-16(22)23)12-6-1-2-7-14(12)26-17(19,20)21/h1-8,13H,9H2,(H4,22,23,24,25)/t13-/m0/s1. The molecule has 138 valence electrons. The van der Waals surface area contributed by atoms with Crippen molar-refractivity contribution in [2.75, 3.05) is 0 Å². The minimum atomic E-state index is -4.95. The molecule has 4 N–H and O–H groups in total. The van der Waals surface area contributed by atoms with Gasteiger partial charge in [-0.2, -0.15) is 4.99 Å². The van der Waals surface area contributed by atoms with E-state index in [0.29, 0.717) is 5.56 Å². The molecule has 1 atom stereocenters. The van der Waals surface area contributed by atoms with Crippen molar-refractivity contribution in [2.24, 2.45) is 16.5 Å². The van der Waals surface area contributed by atoms with Crippen LogP contribution in [0, 0.1) is 5.82 Å². The van der Waals surface area contributed by atoms with Gasteiger partial charge in [0.05, 0.1) is 5.92 Å². The number of carbonyl (C=O) groups is 1. The minimum absolute atomic E-state index is 0.0657. The Bertz CT molecular complexity index is 818. The van der Waals surface area contributed by atoms with Crippen LogP contribution in [0.4, 0.5) is 17.6 Å². The minimum Gasteiger partial charge on any atom is -0.405 e. The normalized spacial score (nSPS) is 12.3. The summed E-state index contributed by atoms with van der Waals surface area (Å²) in [5.41, 5.74) is 10.7.